The average molecular weight is 329 g/mol. The molecule has 2 amide bonds. The number of thiazole rings is 1. The van der Waals surface area contributed by atoms with Crippen LogP contribution in [-0.2, 0) is 6.42 Å². The van der Waals surface area contributed by atoms with Gasteiger partial charge in [0.2, 0.25) is 0 Å². The highest BCUT2D eigenvalue weighted by molar-refractivity contribution is 7.16. The highest BCUT2D eigenvalue weighted by atomic mass is 32.1. The Bertz CT molecular complexity index is 803. The largest absolute Gasteiger partial charge is 0.338 e. The summed E-state index contributed by atoms with van der Waals surface area (Å²) in [7, 11) is 0. The maximum Gasteiger partial charge on any atom is 0.319 e. The van der Waals surface area contributed by atoms with Crippen molar-refractivity contribution in [2.24, 2.45) is 0 Å². The Kier molecular flexibility index (Phi) is 4.57. The summed E-state index contributed by atoms with van der Waals surface area (Å²) in [6.07, 6.45) is 1.78. The fourth-order valence-electron chi connectivity index (χ4n) is 2.52. The summed E-state index contributed by atoms with van der Waals surface area (Å²) >= 11 is 1.59. The van der Waals surface area contributed by atoms with Crippen LogP contribution in [0.25, 0.3) is 10.2 Å². The molecule has 0 aliphatic rings. The predicted molar refractivity (Wildman–Crippen MR) is 93.0 cm³/mol. The number of aromatic nitrogens is 3. The van der Waals surface area contributed by atoms with Gasteiger partial charge in [0.1, 0.15) is 0 Å². The highest BCUT2D eigenvalue weighted by Gasteiger charge is 2.07. The molecule has 2 heterocycles. The number of urea groups is 1. The smallest absolute Gasteiger partial charge is 0.319 e. The van der Waals surface area contributed by atoms with Gasteiger partial charge in [0.05, 0.1) is 21.4 Å². The van der Waals surface area contributed by atoms with Gasteiger partial charge in [-0.25, -0.2) is 9.78 Å². The van der Waals surface area contributed by atoms with Crippen LogP contribution >= 0.6 is 11.3 Å². The lowest BCUT2D eigenvalue weighted by atomic mass is 10.1. The summed E-state index contributed by atoms with van der Waals surface area (Å²) in [6.45, 7) is 4.63. The zero-order valence-electron chi connectivity index (χ0n) is 13.1. The van der Waals surface area contributed by atoms with Crippen molar-refractivity contribution in [2.45, 2.75) is 26.7 Å². The molecule has 0 unspecified atom stereocenters. The molecule has 0 atom stereocenters. The van der Waals surface area contributed by atoms with Gasteiger partial charge in [0, 0.05) is 17.9 Å². The number of fused-ring (bicyclic) bond motifs is 1. The molecule has 3 N–H and O–H groups in total. The summed E-state index contributed by atoms with van der Waals surface area (Å²) in [6, 6.07) is 5.54. The first-order chi connectivity index (χ1) is 11.1. The van der Waals surface area contributed by atoms with Gasteiger partial charge in [-0.15, -0.1) is 11.3 Å². The molecule has 0 fully saturated rings. The van der Waals surface area contributed by atoms with Crippen LogP contribution < -0.4 is 10.6 Å². The Morgan fingerprint density at radius 2 is 2.22 bits per heavy atom. The standard InChI is InChI=1S/C16H19N5OS/c1-10-13(11(2)21-20-10)4-3-7-17-16(22)19-12-5-6-15-14(8-12)18-9-23-15/h5-6,8-9H,3-4,7H2,1-2H3,(H,20,21)(H2,17,19,22). The summed E-state index contributed by atoms with van der Waals surface area (Å²) in [5.41, 5.74) is 6.82. The third kappa shape index (κ3) is 3.68. The number of aromatic amines is 1. The fourth-order valence-corrected chi connectivity index (χ4v) is 3.18. The van der Waals surface area contributed by atoms with Gasteiger partial charge in [0.15, 0.2) is 0 Å². The van der Waals surface area contributed by atoms with Crippen molar-refractivity contribution in [1.82, 2.24) is 20.5 Å². The predicted octanol–water partition coefficient (Wildman–Crippen LogP) is 3.39. The molecule has 2 aromatic heterocycles. The Labute approximate surface area is 138 Å². The number of H-pyrrole nitrogens is 1. The number of carbonyl (C=O) groups is 1. The Morgan fingerprint density at radius 3 is 3.00 bits per heavy atom. The van der Waals surface area contributed by atoms with Crippen LogP contribution in [0.1, 0.15) is 23.4 Å². The number of nitrogens with one attached hydrogen (secondary N) is 3. The van der Waals surface area contributed by atoms with Crippen molar-refractivity contribution in [3.8, 4) is 0 Å². The van der Waals surface area contributed by atoms with E-state index in [0.29, 0.717) is 6.54 Å². The Hall–Kier alpha value is -2.41. The Morgan fingerprint density at radius 1 is 1.35 bits per heavy atom. The normalized spacial score (nSPS) is 10.9. The molecule has 0 aliphatic heterocycles. The summed E-state index contributed by atoms with van der Waals surface area (Å²) in [5.74, 6) is 0. The van der Waals surface area contributed by atoms with Crippen molar-refractivity contribution < 1.29 is 4.79 Å². The van der Waals surface area contributed by atoms with Gasteiger partial charge in [-0.3, -0.25) is 5.10 Å². The minimum Gasteiger partial charge on any atom is -0.338 e. The zero-order chi connectivity index (χ0) is 16.2. The number of hydrogen-bond donors (Lipinski definition) is 3. The average Bonchev–Trinajstić information content (AvgIpc) is 3.11. The third-order valence-corrected chi connectivity index (χ3v) is 4.57. The SMILES string of the molecule is Cc1n[nH]c(C)c1CCCNC(=O)Nc1ccc2scnc2c1. The maximum absolute atomic E-state index is 11.9. The second-order valence-corrected chi connectivity index (χ2v) is 6.32. The summed E-state index contributed by atoms with van der Waals surface area (Å²) in [4.78, 5) is 16.2. The molecule has 0 saturated heterocycles. The lowest BCUT2D eigenvalue weighted by molar-refractivity contribution is 0.252. The second kappa shape index (κ2) is 6.78. The summed E-state index contributed by atoms with van der Waals surface area (Å²) < 4.78 is 1.11. The van der Waals surface area contributed by atoms with Crippen molar-refractivity contribution in [3.63, 3.8) is 0 Å². The lowest BCUT2D eigenvalue weighted by Crippen LogP contribution is -2.29. The van der Waals surface area contributed by atoms with E-state index in [1.165, 1.54) is 5.56 Å². The lowest BCUT2D eigenvalue weighted by Gasteiger charge is -2.08. The number of benzene rings is 1. The van der Waals surface area contributed by atoms with Gasteiger partial charge < -0.3 is 10.6 Å². The van der Waals surface area contributed by atoms with Gasteiger partial charge in [-0.2, -0.15) is 5.10 Å². The quantitative estimate of drug-likeness (QED) is 0.627. The van der Waals surface area contributed by atoms with Crippen molar-refractivity contribution in [3.05, 3.63) is 40.7 Å². The number of aryl methyl sites for hydroxylation is 2. The van der Waals surface area contributed by atoms with E-state index in [1.54, 1.807) is 16.8 Å². The van der Waals surface area contributed by atoms with E-state index < -0.39 is 0 Å². The number of carbonyl (C=O) groups excluding carboxylic acids is 1. The molecule has 6 nitrogen and oxygen atoms in total. The number of amides is 2. The molecule has 1 aromatic carbocycles. The zero-order valence-corrected chi connectivity index (χ0v) is 14.0. The van der Waals surface area contributed by atoms with Crippen LogP contribution in [-0.4, -0.2) is 27.8 Å². The first kappa shape index (κ1) is 15.5. The van der Waals surface area contributed by atoms with Gasteiger partial charge >= 0.3 is 6.03 Å². The van der Waals surface area contributed by atoms with E-state index in [0.717, 1.165) is 40.1 Å². The molecule has 3 rings (SSSR count). The van der Waals surface area contributed by atoms with Gasteiger partial charge in [-0.1, -0.05) is 0 Å². The molecule has 0 spiro atoms. The Balaban J connectivity index is 1.46. The molecule has 0 saturated carbocycles. The minimum absolute atomic E-state index is 0.194. The topological polar surface area (TPSA) is 82.7 Å². The summed E-state index contributed by atoms with van der Waals surface area (Å²) in [5, 5.41) is 12.9. The van der Waals surface area contributed by atoms with E-state index in [2.05, 4.69) is 25.8 Å². The molecule has 0 aliphatic carbocycles. The van der Waals surface area contributed by atoms with Crippen LogP contribution in [0.5, 0.6) is 0 Å². The molecule has 120 valence electrons. The minimum atomic E-state index is -0.194. The van der Waals surface area contributed by atoms with E-state index in [-0.39, 0.29) is 6.03 Å². The second-order valence-electron chi connectivity index (χ2n) is 5.43. The number of rotatable bonds is 5. The monoisotopic (exact) mass is 329 g/mol. The third-order valence-electron chi connectivity index (χ3n) is 3.76. The molecular weight excluding hydrogens is 310 g/mol. The van der Waals surface area contributed by atoms with Gasteiger partial charge in [0.25, 0.3) is 0 Å². The molecule has 23 heavy (non-hydrogen) atoms. The van der Waals surface area contributed by atoms with Crippen LogP contribution in [0.2, 0.25) is 0 Å². The number of nitrogens with zero attached hydrogens (tertiary/aromatic N) is 2. The van der Waals surface area contributed by atoms with E-state index in [1.807, 2.05) is 32.0 Å². The molecule has 0 bridgehead atoms. The molecule has 0 radical (unpaired) electrons. The van der Waals surface area contributed by atoms with Crippen LogP contribution in [0, 0.1) is 13.8 Å². The van der Waals surface area contributed by atoms with E-state index in [4.69, 9.17) is 0 Å². The van der Waals surface area contributed by atoms with E-state index >= 15 is 0 Å². The molecular formula is C16H19N5OS. The first-order valence-electron chi connectivity index (χ1n) is 7.52. The van der Waals surface area contributed by atoms with E-state index in [9.17, 15) is 4.79 Å². The van der Waals surface area contributed by atoms with Crippen LogP contribution in [0.15, 0.2) is 23.7 Å². The van der Waals surface area contributed by atoms with Crippen LogP contribution in [0.4, 0.5) is 10.5 Å². The highest BCUT2D eigenvalue weighted by Crippen LogP contribution is 2.21. The van der Waals surface area contributed by atoms with Gasteiger partial charge in [-0.05, 0) is 50.5 Å². The molecule has 3 aromatic rings. The number of anilines is 1. The molecule has 7 heteroatoms. The maximum atomic E-state index is 11.9. The van der Waals surface area contributed by atoms with Crippen molar-refractivity contribution in [2.75, 3.05) is 11.9 Å². The fraction of sp³-hybridized carbons (Fsp3) is 0.312. The van der Waals surface area contributed by atoms with Crippen molar-refractivity contribution >= 4 is 33.3 Å². The number of hydrogen-bond acceptors (Lipinski definition) is 4. The van der Waals surface area contributed by atoms with Crippen LogP contribution in [0.3, 0.4) is 0 Å². The first-order valence-corrected chi connectivity index (χ1v) is 8.40. The van der Waals surface area contributed by atoms with Crippen molar-refractivity contribution in [1.29, 1.82) is 0 Å².